The van der Waals surface area contributed by atoms with Crippen molar-refractivity contribution in [2.24, 2.45) is 18.0 Å². The molecule has 8 nitrogen and oxygen atoms in total. The van der Waals surface area contributed by atoms with Crippen LogP contribution >= 0.6 is 0 Å². The SMILES string of the molecule is Cn1cnc2ccc(-c3c(-c4ccc(F)cc4)nc(N)/c(=N/N)n3N)cc21. The first-order valence-electron chi connectivity index (χ1n) is 8.08. The summed E-state index contributed by atoms with van der Waals surface area (Å²) in [5, 5.41) is 3.65. The normalized spacial score (nSPS) is 12.0. The van der Waals surface area contributed by atoms with Crippen LogP contribution in [0.25, 0.3) is 33.5 Å². The van der Waals surface area contributed by atoms with Crippen LogP contribution in [0.15, 0.2) is 53.9 Å². The molecule has 2 heterocycles. The van der Waals surface area contributed by atoms with E-state index in [9.17, 15) is 4.39 Å². The minimum absolute atomic E-state index is 0.0738. The number of nitrogens with zero attached hydrogens (tertiary/aromatic N) is 5. The summed E-state index contributed by atoms with van der Waals surface area (Å²) in [6.45, 7) is 0. The number of nitrogens with two attached hydrogens (primary N) is 3. The molecular formula is C18H17FN8. The van der Waals surface area contributed by atoms with Crippen LogP contribution in [0.5, 0.6) is 0 Å². The fraction of sp³-hybridized carbons (Fsp3) is 0.0556. The van der Waals surface area contributed by atoms with Crippen molar-refractivity contribution in [3.8, 4) is 22.5 Å². The summed E-state index contributed by atoms with van der Waals surface area (Å²) in [5.74, 6) is 11.4. The lowest BCUT2D eigenvalue weighted by atomic mass is 10.0. The molecule has 6 N–H and O–H groups in total. The summed E-state index contributed by atoms with van der Waals surface area (Å²) in [7, 11) is 1.90. The lowest BCUT2D eigenvalue weighted by molar-refractivity contribution is 0.628. The summed E-state index contributed by atoms with van der Waals surface area (Å²) in [4.78, 5) is 8.75. The number of halogens is 1. The van der Waals surface area contributed by atoms with Gasteiger partial charge in [-0.2, -0.15) is 5.10 Å². The number of aryl methyl sites for hydroxylation is 1. The van der Waals surface area contributed by atoms with Gasteiger partial charge in [0, 0.05) is 18.2 Å². The maximum Gasteiger partial charge on any atom is 0.213 e. The maximum absolute atomic E-state index is 13.4. The summed E-state index contributed by atoms with van der Waals surface area (Å²) >= 11 is 0. The maximum atomic E-state index is 13.4. The second kappa shape index (κ2) is 6.13. The van der Waals surface area contributed by atoms with Crippen molar-refractivity contribution in [1.29, 1.82) is 0 Å². The van der Waals surface area contributed by atoms with E-state index >= 15 is 0 Å². The Morgan fingerprint density at radius 2 is 1.78 bits per heavy atom. The molecule has 136 valence electrons. The molecule has 0 radical (unpaired) electrons. The van der Waals surface area contributed by atoms with E-state index in [0.717, 1.165) is 16.6 Å². The molecule has 0 saturated heterocycles. The Kier molecular flexibility index (Phi) is 3.76. The van der Waals surface area contributed by atoms with Crippen LogP contribution in [0.1, 0.15) is 0 Å². The van der Waals surface area contributed by atoms with Gasteiger partial charge in [0.2, 0.25) is 5.49 Å². The molecule has 9 heteroatoms. The average Bonchev–Trinajstić information content (AvgIpc) is 3.03. The minimum Gasteiger partial charge on any atom is -0.380 e. The van der Waals surface area contributed by atoms with Crippen LogP contribution in [-0.2, 0) is 7.05 Å². The third-order valence-corrected chi connectivity index (χ3v) is 4.39. The van der Waals surface area contributed by atoms with Crippen molar-refractivity contribution < 1.29 is 4.39 Å². The van der Waals surface area contributed by atoms with Gasteiger partial charge in [0.25, 0.3) is 0 Å². The van der Waals surface area contributed by atoms with Crippen molar-refractivity contribution in [1.82, 2.24) is 19.2 Å². The summed E-state index contributed by atoms with van der Waals surface area (Å²) in [6.07, 6.45) is 1.73. The first-order valence-corrected chi connectivity index (χ1v) is 8.08. The van der Waals surface area contributed by atoms with Crippen molar-refractivity contribution in [3.05, 3.63) is 60.1 Å². The predicted octanol–water partition coefficient (Wildman–Crippen LogP) is 1.31. The Hall–Kier alpha value is -3.88. The second-order valence-corrected chi connectivity index (χ2v) is 6.08. The lowest BCUT2D eigenvalue weighted by Crippen LogP contribution is -2.34. The van der Waals surface area contributed by atoms with Crippen molar-refractivity contribution in [2.45, 2.75) is 0 Å². The van der Waals surface area contributed by atoms with E-state index in [1.165, 1.54) is 16.8 Å². The van der Waals surface area contributed by atoms with E-state index in [1.807, 2.05) is 29.8 Å². The highest BCUT2D eigenvalue weighted by atomic mass is 19.1. The Balaban J connectivity index is 2.07. The van der Waals surface area contributed by atoms with Gasteiger partial charge in [-0.1, -0.05) is 6.07 Å². The van der Waals surface area contributed by atoms with Crippen LogP contribution in [0.3, 0.4) is 0 Å². The van der Waals surface area contributed by atoms with Crippen LogP contribution in [0.4, 0.5) is 10.2 Å². The number of nitrogen functional groups attached to an aromatic ring is 2. The molecule has 0 aliphatic carbocycles. The molecular weight excluding hydrogens is 347 g/mol. The van der Waals surface area contributed by atoms with E-state index in [1.54, 1.807) is 18.5 Å². The third kappa shape index (κ3) is 2.65. The van der Waals surface area contributed by atoms with Crippen molar-refractivity contribution in [3.63, 3.8) is 0 Å². The number of hydrogen-bond acceptors (Lipinski definition) is 6. The van der Waals surface area contributed by atoms with Crippen LogP contribution in [0.2, 0.25) is 0 Å². The van der Waals surface area contributed by atoms with E-state index in [-0.39, 0.29) is 17.1 Å². The molecule has 0 atom stereocenters. The predicted molar refractivity (Wildman–Crippen MR) is 102 cm³/mol. The van der Waals surface area contributed by atoms with Crippen LogP contribution in [0, 0.1) is 5.82 Å². The number of anilines is 1. The Morgan fingerprint density at radius 1 is 1.07 bits per heavy atom. The Bertz CT molecular complexity index is 1220. The van der Waals surface area contributed by atoms with Crippen LogP contribution in [-0.4, -0.2) is 19.2 Å². The zero-order valence-corrected chi connectivity index (χ0v) is 14.5. The minimum atomic E-state index is -0.348. The number of aromatic nitrogens is 4. The van der Waals surface area contributed by atoms with Gasteiger partial charge in [-0.05, 0) is 36.4 Å². The first kappa shape index (κ1) is 16.6. The summed E-state index contributed by atoms with van der Waals surface area (Å²) in [6, 6.07) is 11.6. The molecule has 0 bridgehead atoms. The highest BCUT2D eigenvalue weighted by Crippen LogP contribution is 2.31. The van der Waals surface area contributed by atoms with E-state index in [0.29, 0.717) is 17.0 Å². The Morgan fingerprint density at radius 3 is 2.48 bits per heavy atom. The summed E-state index contributed by atoms with van der Waals surface area (Å²) in [5.41, 5.74) is 10.3. The smallest absolute Gasteiger partial charge is 0.213 e. The molecule has 0 amide bonds. The molecule has 2 aromatic carbocycles. The number of fused-ring (bicyclic) bond motifs is 1. The van der Waals surface area contributed by atoms with Crippen LogP contribution < -0.4 is 22.9 Å². The monoisotopic (exact) mass is 364 g/mol. The highest BCUT2D eigenvalue weighted by molar-refractivity contribution is 5.86. The third-order valence-electron chi connectivity index (χ3n) is 4.39. The molecule has 0 aliphatic rings. The number of benzene rings is 2. The van der Waals surface area contributed by atoms with E-state index < -0.39 is 0 Å². The zero-order chi connectivity index (χ0) is 19.1. The second-order valence-electron chi connectivity index (χ2n) is 6.08. The largest absolute Gasteiger partial charge is 0.380 e. The van der Waals surface area contributed by atoms with Gasteiger partial charge < -0.3 is 22.0 Å². The summed E-state index contributed by atoms with van der Waals surface area (Å²) < 4.78 is 16.6. The quantitative estimate of drug-likeness (QED) is 0.365. The Labute approximate surface area is 153 Å². The molecule has 0 aliphatic heterocycles. The van der Waals surface area contributed by atoms with E-state index in [2.05, 4.69) is 15.1 Å². The number of hydrogen-bond donors (Lipinski definition) is 3. The molecule has 2 aromatic heterocycles. The van der Waals surface area contributed by atoms with Crippen molar-refractivity contribution >= 4 is 16.9 Å². The van der Waals surface area contributed by atoms with Gasteiger partial charge in [-0.25, -0.2) is 19.0 Å². The number of imidazole rings is 1. The highest BCUT2D eigenvalue weighted by Gasteiger charge is 2.17. The molecule has 27 heavy (non-hydrogen) atoms. The molecule has 0 fully saturated rings. The van der Waals surface area contributed by atoms with Gasteiger partial charge in [0.05, 0.1) is 28.7 Å². The zero-order valence-electron chi connectivity index (χ0n) is 14.5. The van der Waals surface area contributed by atoms with Crippen molar-refractivity contribution in [2.75, 3.05) is 11.6 Å². The van der Waals surface area contributed by atoms with Gasteiger partial charge in [0.15, 0.2) is 5.82 Å². The molecule has 0 spiro atoms. The fourth-order valence-electron chi connectivity index (χ4n) is 3.05. The first-order chi connectivity index (χ1) is 13.0. The average molecular weight is 364 g/mol. The van der Waals surface area contributed by atoms with Gasteiger partial charge in [-0.3, -0.25) is 0 Å². The molecule has 0 saturated carbocycles. The van der Waals surface area contributed by atoms with Gasteiger partial charge >= 0.3 is 0 Å². The van der Waals surface area contributed by atoms with Gasteiger partial charge in [0.1, 0.15) is 5.82 Å². The molecule has 4 aromatic rings. The van der Waals surface area contributed by atoms with Gasteiger partial charge in [-0.15, -0.1) is 0 Å². The van der Waals surface area contributed by atoms with E-state index in [4.69, 9.17) is 17.4 Å². The topological polar surface area (TPSA) is 126 Å². The lowest BCUT2D eigenvalue weighted by Gasteiger charge is -2.16. The number of rotatable bonds is 2. The molecule has 4 rings (SSSR count). The molecule has 0 unspecified atom stereocenters. The standard InChI is InChI=1S/C18H17FN8/c1-26-9-23-13-7-4-11(8-14(13)26)16-15(10-2-5-12(19)6-3-10)24-17(20)18(25-21)27(16)22/h2-9H,21-22H2,1H3,(H2,20,24)/b25-18-. The fourth-order valence-corrected chi connectivity index (χ4v) is 3.05.